The molecular formula is C20H25NO7S. The highest BCUT2D eigenvalue weighted by atomic mass is 32.2. The molecule has 0 amide bonds. The summed E-state index contributed by atoms with van der Waals surface area (Å²) < 4.78 is 53.5. The van der Waals surface area contributed by atoms with Crippen molar-refractivity contribution in [1.82, 2.24) is 4.72 Å². The average molecular weight is 423 g/mol. The summed E-state index contributed by atoms with van der Waals surface area (Å²) in [7, 11) is -0.238. The molecule has 0 radical (unpaired) electrons. The molecule has 0 aliphatic carbocycles. The van der Waals surface area contributed by atoms with Gasteiger partial charge in [0.15, 0.2) is 23.0 Å². The molecular weight excluding hydrogens is 398 g/mol. The van der Waals surface area contributed by atoms with E-state index in [4.69, 9.17) is 23.7 Å². The van der Waals surface area contributed by atoms with E-state index in [0.29, 0.717) is 48.1 Å². The van der Waals surface area contributed by atoms with Crippen LogP contribution in [0.4, 0.5) is 0 Å². The first-order valence-corrected chi connectivity index (χ1v) is 10.9. The molecule has 0 bridgehead atoms. The topological polar surface area (TPSA) is 92.3 Å². The van der Waals surface area contributed by atoms with Crippen LogP contribution in [0.15, 0.2) is 36.4 Å². The van der Waals surface area contributed by atoms with Crippen molar-refractivity contribution in [3.05, 3.63) is 42.0 Å². The molecule has 1 N–H and O–H groups in total. The number of ether oxygens (including phenoxy) is 5. The predicted molar refractivity (Wildman–Crippen MR) is 108 cm³/mol. The Labute approximate surface area is 170 Å². The van der Waals surface area contributed by atoms with E-state index in [1.807, 2.05) is 12.1 Å². The van der Waals surface area contributed by atoms with Gasteiger partial charge in [-0.1, -0.05) is 6.07 Å². The monoisotopic (exact) mass is 423 g/mol. The molecule has 1 heterocycles. The maximum Gasteiger partial charge on any atom is 0.231 e. The normalized spacial score (nSPS) is 12.6. The van der Waals surface area contributed by atoms with E-state index in [2.05, 4.69) is 4.72 Å². The Balaban J connectivity index is 1.39. The summed E-state index contributed by atoms with van der Waals surface area (Å²) in [5.41, 5.74) is 0.955. The summed E-state index contributed by atoms with van der Waals surface area (Å²) in [5.74, 6) is 3.18. The third-order valence-electron chi connectivity index (χ3n) is 4.35. The SMILES string of the molecule is COc1ccc(CCNS(=O)(=O)CCCOc2ccc3c(c2)OCO3)cc1OC. The number of fused-ring (bicyclic) bond motifs is 1. The lowest BCUT2D eigenvalue weighted by Crippen LogP contribution is -2.29. The van der Waals surface area contributed by atoms with Crippen molar-refractivity contribution < 1.29 is 32.1 Å². The van der Waals surface area contributed by atoms with E-state index >= 15 is 0 Å². The minimum absolute atomic E-state index is 0.0104. The van der Waals surface area contributed by atoms with Crippen LogP contribution < -0.4 is 28.4 Å². The molecule has 2 aromatic rings. The van der Waals surface area contributed by atoms with E-state index in [1.165, 1.54) is 0 Å². The van der Waals surface area contributed by atoms with Crippen LogP contribution in [0.3, 0.4) is 0 Å². The largest absolute Gasteiger partial charge is 0.493 e. The molecule has 29 heavy (non-hydrogen) atoms. The summed E-state index contributed by atoms with van der Waals surface area (Å²) in [6.45, 7) is 0.795. The van der Waals surface area contributed by atoms with Crippen molar-refractivity contribution >= 4 is 10.0 Å². The van der Waals surface area contributed by atoms with E-state index in [9.17, 15) is 8.42 Å². The van der Waals surface area contributed by atoms with Gasteiger partial charge in [0.05, 0.1) is 26.6 Å². The van der Waals surface area contributed by atoms with Crippen molar-refractivity contribution in [3.8, 4) is 28.7 Å². The number of sulfonamides is 1. The number of hydrogen-bond donors (Lipinski definition) is 1. The fourth-order valence-corrected chi connectivity index (χ4v) is 3.92. The molecule has 2 aromatic carbocycles. The Bertz CT molecular complexity index is 930. The van der Waals surface area contributed by atoms with Crippen molar-refractivity contribution in [2.45, 2.75) is 12.8 Å². The van der Waals surface area contributed by atoms with Crippen LogP contribution in [0.2, 0.25) is 0 Å². The Kier molecular flexibility index (Phi) is 7.05. The summed E-state index contributed by atoms with van der Waals surface area (Å²) in [5, 5.41) is 0. The second-order valence-corrected chi connectivity index (χ2v) is 8.30. The van der Waals surface area contributed by atoms with Crippen molar-refractivity contribution in [1.29, 1.82) is 0 Å². The number of methoxy groups -OCH3 is 2. The van der Waals surface area contributed by atoms with Gasteiger partial charge in [-0.25, -0.2) is 13.1 Å². The quantitative estimate of drug-likeness (QED) is 0.555. The lowest BCUT2D eigenvalue weighted by molar-refractivity contribution is 0.173. The molecule has 0 spiro atoms. The van der Waals surface area contributed by atoms with Crippen molar-refractivity contribution in [2.24, 2.45) is 0 Å². The second kappa shape index (κ2) is 9.71. The molecule has 0 fully saturated rings. The van der Waals surface area contributed by atoms with Gasteiger partial charge in [0.25, 0.3) is 0 Å². The molecule has 8 nitrogen and oxygen atoms in total. The number of rotatable bonds is 11. The number of benzene rings is 2. The first kappa shape index (κ1) is 21.1. The highest BCUT2D eigenvalue weighted by Gasteiger charge is 2.14. The van der Waals surface area contributed by atoms with Gasteiger partial charge in [-0.05, 0) is 42.7 Å². The summed E-state index contributed by atoms with van der Waals surface area (Å²) >= 11 is 0. The van der Waals surface area contributed by atoms with Gasteiger partial charge >= 0.3 is 0 Å². The van der Waals surface area contributed by atoms with Crippen LogP contribution in [0, 0.1) is 0 Å². The van der Waals surface area contributed by atoms with Gasteiger partial charge in [-0.15, -0.1) is 0 Å². The summed E-state index contributed by atoms with van der Waals surface area (Å²) in [6, 6.07) is 10.8. The van der Waals surface area contributed by atoms with Crippen molar-refractivity contribution in [3.63, 3.8) is 0 Å². The molecule has 0 atom stereocenters. The minimum Gasteiger partial charge on any atom is -0.493 e. The zero-order valence-corrected chi connectivity index (χ0v) is 17.3. The fourth-order valence-electron chi connectivity index (χ4n) is 2.86. The van der Waals surface area contributed by atoms with Crippen molar-refractivity contribution in [2.75, 3.05) is 39.9 Å². The number of hydrogen-bond acceptors (Lipinski definition) is 7. The fraction of sp³-hybridized carbons (Fsp3) is 0.400. The van der Waals surface area contributed by atoms with Gasteiger partial charge in [0.1, 0.15) is 5.75 Å². The Morgan fingerprint density at radius 1 is 1.00 bits per heavy atom. The third-order valence-corrected chi connectivity index (χ3v) is 5.82. The standard InChI is InChI=1S/C20H25NO7S/c1-24-17-6-4-15(12-19(17)25-2)8-9-21-29(22,23)11-3-10-26-16-5-7-18-20(13-16)28-14-27-18/h4-7,12-13,21H,3,8-11,14H2,1-2H3. The predicted octanol–water partition coefficient (Wildman–Crippen LogP) is 2.36. The third kappa shape index (κ3) is 5.91. The van der Waals surface area contributed by atoms with E-state index < -0.39 is 10.0 Å². The second-order valence-electron chi connectivity index (χ2n) is 6.37. The Morgan fingerprint density at radius 3 is 2.59 bits per heavy atom. The van der Waals surface area contributed by atoms with E-state index in [0.717, 1.165) is 5.56 Å². The molecule has 3 rings (SSSR count). The van der Waals surface area contributed by atoms with Crippen LogP contribution in [0.1, 0.15) is 12.0 Å². The van der Waals surface area contributed by atoms with Gasteiger partial charge in [0.2, 0.25) is 16.8 Å². The lowest BCUT2D eigenvalue weighted by Gasteiger charge is -2.11. The molecule has 158 valence electrons. The van der Waals surface area contributed by atoms with Gasteiger partial charge in [0, 0.05) is 12.6 Å². The molecule has 0 saturated carbocycles. The van der Waals surface area contributed by atoms with Crippen LogP contribution in [0.25, 0.3) is 0 Å². The maximum absolute atomic E-state index is 12.2. The first-order chi connectivity index (χ1) is 14.0. The van der Waals surface area contributed by atoms with Crippen LogP contribution in [-0.2, 0) is 16.4 Å². The minimum atomic E-state index is -3.37. The maximum atomic E-state index is 12.2. The first-order valence-electron chi connectivity index (χ1n) is 9.21. The Morgan fingerprint density at radius 2 is 1.79 bits per heavy atom. The molecule has 9 heteroatoms. The Hall–Kier alpha value is -2.65. The average Bonchev–Trinajstić information content (AvgIpc) is 3.19. The molecule has 0 saturated heterocycles. The lowest BCUT2D eigenvalue weighted by atomic mass is 10.1. The van der Waals surface area contributed by atoms with E-state index in [1.54, 1.807) is 38.5 Å². The van der Waals surface area contributed by atoms with Gasteiger partial charge in [-0.2, -0.15) is 0 Å². The van der Waals surface area contributed by atoms with Crippen LogP contribution in [-0.4, -0.2) is 48.3 Å². The van der Waals surface area contributed by atoms with Crippen LogP contribution >= 0.6 is 0 Å². The zero-order chi connectivity index (χ0) is 20.7. The highest BCUT2D eigenvalue weighted by molar-refractivity contribution is 7.89. The van der Waals surface area contributed by atoms with Gasteiger partial charge < -0.3 is 23.7 Å². The van der Waals surface area contributed by atoms with E-state index in [-0.39, 0.29) is 19.2 Å². The summed E-state index contributed by atoms with van der Waals surface area (Å²) in [4.78, 5) is 0. The molecule has 0 unspecified atom stereocenters. The van der Waals surface area contributed by atoms with Gasteiger partial charge in [-0.3, -0.25) is 0 Å². The molecule has 1 aliphatic heterocycles. The molecule has 0 aromatic heterocycles. The molecule has 1 aliphatic rings. The number of nitrogens with one attached hydrogen (secondary N) is 1. The van der Waals surface area contributed by atoms with Crippen LogP contribution in [0.5, 0.6) is 28.7 Å². The smallest absolute Gasteiger partial charge is 0.231 e. The highest BCUT2D eigenvalue weighted by Crippen LogP contribution is 2.35. The summed E-state index contributed by atoms with van der Waals surface area (Å²) in [6.07, 6.45) is 0.924. The zero-order valence-electron chi connectivity index (χ0n) is 16.5.